The van der Waals surface area contributed by atoms with Crippen molar-refractivity contribution in [1.82, 2.24) is 10.0 Å². The monoisotopic (exact) mass is 342 g/mol. The van der Waals surface area contributed by atoms with Crippen LogP contribution >= 0.6 is 11.8 Å². The second kappa shape index (κ2) is 8.02. The van der Waals surface area contributed by atoms with E-state index in [0.717, 1.165) is 0 Å². The van der Waals surface area contributed by atoms with Gasteiger partial charge in [-0.3, -0.25) is 0 Å². The largest absolute Gasteiger partial charge is 0.441 e. The van der Waals surface area contributed by atoms with Gasteiger partial charge in [-0.15, -0.1) is 0 Å². The molecule has 120 valence electrons. The van der Waals surface area contributed by atoms with Crippen molar-refractivity contribution in [2.45, 2.75) is 23.9 Å². The Morgan fingerprint density at radius 2 is 1.90 bits per heavy atom. The predicted octanol–water partition coefficient (Wildman–Crippen LogP) is 2.33. The molecule has 0 aromatic heterocycles. The lowest BCUT2D eigenvalue weighted by Gasteiger charge is -2.12. The fourth-order valence-electron chi connectivity index (χ4n) is 1.59. The van der Waals surface area contributed by atoms with Gasteiger partial charge in [-0.2, -0.15) is 13.2 Å². The maximum absolute atomic E-state index is 12.1. The molecule has 21 heavy (non-hydrogen) atoms. The molecule has 0 spiro atoms. The van der Waals surface area contributed by atoms with Crippen LogP contribution in [0.25, 0.3) is 0 Å². The number of hydrogen-bond acceptors (Lipinski definition) is 4. The minimum absolute atomic E-state index is 0.0861. The lowest BCUT2D eigenvalue weighted by Crippen LogP contribution is -2.28. The summed E-state index contributed by atoms with van der Waals surface area (Å²) in [5.74, 6) is -0.363. The van der Waals surface area contributed by atoms with Gasteiger partial charge in [-0.1, -0.05) is 25.1 Å². The molecular weight excluding hydrogens is 325 g/mol. The summed E-state index contributed by atoms with van der Waals surface area (Å²) in [5, 5.41) is 3.02. The summed E-state index contributed by atoms with van der Waals surface area (Å²) >= 11 is -0.252. The normalized spacial score (nSPS) is 12.6. The molecule has 0 saturated carbocycles. The second-order valence-corrected chi connectivity index (χ2v) is 6.98. The number of thioether (sulfide) groups is 1. The van der Waals surface area contributed by atoms with Gasteiger partial charge in [-0.25, -0.2) is 13.1 Å². The molecule has 0 atom stereocenters. The third-order valence-corrected chi connectivity index (χ3v) is 4.78. The second-order valence-electron chi connectivity index (χ2n) is 4.08. The lowest BCUT2D eigenvalue weighted by molar-refractivity contribution is -0.0327. The first-order chi connectivity index (χ1) is 9.76. The molecule has 0 radical (unpaired) electrons. The van der Waals surface area contributed by atoms with E-state index in [4.69, 9.17) is 0 Å². The molecule has 9 heteroatoms. The quantitative estimate of drug-likeness (QED) is 0.712. The average Bonchev–Trinajstić information content (AvgIpc) is 2.41. The van der Waals surface area contributed by atoms with E-state index >= 15 is 0 Å². The summed E-state index contributed by atoms with van der Waals surface area (Å²) in [6.45, 7) is 2.68. The van der Waals surface area contributed by atoms with Crippen LogP contribution in [-0.4, -0.2) is 32.8 Å². The van der Waals surface area contributed by atoms with E-state index in [1.165, 1.54) is 6.07 Å². The molecular formula is C12H17F3N2O2S2. The van der Waals surface area contributed by atoms with Crippen molar-refractivity contribution in [1.29, 1.82) is 0 Å². The Bertz CT molecular complexity index is 548. The Morgan fingerprint density at radius 3 is 2.52 bits per heavy atom. The molecule has 0 fully saturated rings. The Labute approximate surface area is 126 Å². The molecule has 1 aromatic rings. The van der Waals surface area contributed by atoms with Gasteiger partial charge in [0.15, 0.2) is 0 Å². The van der Waals surface area contributed by atoms with Crippen LogP contribution in [0.5, 0.6) is 0 Å². The third-order valence-electron chi connectivity index (χ3n) is 2.49. The van der Waals surface area contributed by atoms with Gasteiger partial charge < -0.3 is 5.32 Å². The summed E-state index contributed by atoms with van der Waals surface area (Å²) in [4.78, 5) is 0.0861. The van der Waals surface area contributed by atoms with Crippen molar-refractivity contribution < 1.29 is 21.6 Å². The first-order valence-corrected chi connectivity index (χ1v) is 8.72. The van der Waals surface area contributed by atoms with E-state index in [2.05, 4.69) is 10.0 Å². The van der Waals surface area contributed by atoms with Crippen LogP contribution in [0, 0.1) is 0 Å². The van der Waals surface area contributed by atoms with Crippen LogP contribution in [-0.2, 0) is 16.6 Å². The van der Waals surface area contributed by atoms with E-state index < -0.39 is 15.5 Å². The number of halogens is 3. The summed E-state index contributed by atoms with van der Waals surface area (Å²) < 4.78 is 62.3. The molecule has 0 aliphatic heterocycles. The van der Waals surface area contributed by atoms with E-state index in [9.17, 15) is 21.6 Å². The molecule has 0 heterocycles. The average molecular weight is 342 g/mol. The van der Waals surface area contributed by atoms with Crippen LogP contribution in [0.4, 0.5) is 13.2 Å². The maximum Gasteiger partial charge on any atom is 0.441 e. The minimum atomic E-state index is -4.35. The van der Waals surface area contributed by atoms with Gasteiger partial charge in [0, 0.05) is 18.8 Å². The van der Waals surface area contributed by atoms with Gasteiger partial charge in [0.25, 0.3) is 0 Å². The number of nitrogens with one attached hydrogen (secondary N) is 2. The van der Waals surface area contributed by atoms with E-state index in [1.54, 1.807) is 18.2 Å². The minimum Gasteiger partial charge on any atom is -0.313 e. The predicted molar refractivity (Wildman–Crippen MR) is 77.5 cm³/mol. The summed E-state index contributed by atoms with van der Waals surface area (Å²) in [6.07, 6.45) is 0. The smallest absolute Gasteiger partial charge is 0.313 e. The molecule has 0 saturated heterocycles. The molecule has 1 rings (SSSR count). The maximum atomic E-state index is 12.1. The number of rotatable bonds is 8. The molecule has 0 unspecified atom stereocenters. The third kappa shape index (κ3) is 6.68. The fourth-order valence-corrected chi connectivity index (χ4v) is 3.43. The van der Waals surface area contributed by atoms with E-state index in [1.807, 2.05) is 6.92 Å². The molecule has 4 nitrogen and oxygen atoms in total. The molecule has 0 bridgehead atoms. The van der Waals surface area contributed by atoms with Crippen molar-refractivity contribution in [3.63, 3.8) is 0 Å². The zero-order chi connectivity index (χ0) is 15.9. The van der Waals surface area contributed by atoms with Gasteiger partial charge in [0.2, 0.25) is 10.0 Å². The SMILES string of the molecule is CCNCc1ccccc1S(=O)(=O)NCCSC(F)(F)F. The summed E-state index contributed by atoms with van der Waals surface area (Å²) in [5.41, 5.74) is -3.77. The van der Waals surface area contributed by atoms with Crippen LogP contribution in [0.3, 0.4) is 0 Å². The molecule has 0 aliphatic rings. The van der Waals surface area contributed by atoms with Crippen LogP contribution in [0.2, 0.25) is 0 Å². The van der Waals surface area contributed by atoms with Crippen molar-refractivity contribution in [2.75, 3.05) is 18.8 Å². The van der Waals surface area contributed by atoms with Crippen molar-refractivity contribution in [2.24, 2.45) is 0 Å². The molecule has 0 aliphatic carbocycles. The zero-order valence-corrected chi connectivity index (χ0v) is 13.0. The Balaban J connectivity index is 2.70. The number of hydrogen-bond donors (Lipinski definition) is 2. The fraction of sp³-hybridized carbons (Fsp3) is 0.500. The van der Waals surface area contributed by atoms with Crippen LogP contribution < -0.4 is 10.0 Å². The summed E-state index contributed by atoms with van der Waals surface area (Å²) in [7, 11) is -3.81. The van der Waals surface area contributed by atoms with Crippen molar-refractivity contribution >= 4 is 21.8 Å². The zero-order valence-electron chi connectivity index (χ0n) is 11.4. The molecule has 2 N–H and O–H groups in total. The van der Waals surface area contributed by atoms with Crippen LogP contribution in [0.1, 0.15) is 12.5 Å². The van der Waals surface area contributed by atoms with E-state index in [0.29, 0.717) is 18.7 Å². The Morgan fingerprint density at radius 1 is 1.24 bits per heavy atom. The highest BCUT2D eigenvalue weighted by atomic mass is 32.2. The number of benzene rings is 1. The van der Waals surface area contributed by atoms with E-state index in [-0.39, 0.29) is 29.0 Å². The topological polar surface area (TPSA) is 58.2 Å². The van der Waals surface area contributed by atoms with Gasteiger partial charge in [0.05, 0.1) is 4.90 Å². The lowest BCUT2D eigenvalue weighted by atomic mass is 10.2. The Kier molecular flexibility index (Phi) is 6.98. The first kappa shape index (κ1) is 18.3. The van der Waals surface area contributed by atoms with Crippen molar-refractivity contribution in [3.05, 3.63) is 29.8 Å². The van der Waals surface area contributed by atoms with Gasteiger partial charge in [-0.05, 0) is 29.9 Å². The molecule has 1 aromatic carbocycles. The van der Waals surface area contributed by atoms with Crippen molar-refractivity contribution in [3.8, 4) is 0 Å². The Hall–Kier alpha value is -0.770. The number of alkyl halides is 3. The van der Waals surface area contributed by atoms with Gasteiger partial charge >= 0.3 is 5.51 Å². The first-order valence-electron chi connectivity index (χ1n) is 6.25. The summed E-state index contributed by atoms with van der Waals surface area (Å²) in [6, 6.07) is 6.40. The highest BCUT2D eigenvalue weighted by molar-refractivity contribution is 8.00. The standard InChI is InChI=1S/C12H17F3N2O2S2/c1-2-16-9-10-5-3-4-6-11(10)21(18,19)17-7-8-20-12(13,14)15/h3-6,16-17H,2,7-9H2,1H3. The number of sulfonamides is 1. The van der Waals surface area contributed by atoms with Crippen LogP contribution in [0.15, 0.2) is 29.2 Å². The highest BCUT2D eigenvalue weighted by Gasteiger charge is 2.28. The highest BCUT2D eigenvalue weighted by Crippen LogP contribution is 2.29. The van der Waals surface area contributed by atoms with Gasteiger partial charge in [0.1, 0.15) is 0 Å². The molecule has 0 amide bonds.